The highest BCUT2D eigenvalue weighted by molar-refractivity contribution is 6.06. The number of anilines is 1. The summed E-state index contributed by atoms with van der Waals surface area (Å²) in [5, 5.41) is 20.2. The van der Waals surface area contributed by atoms with E-state index in [0.29, 0.717) is 48.6 Å². The third-order valence-electron chi connectivity index (χ3n) is 11.3. The van der Waals surface area contributed by atoms with Gasteiger partial charge in [-0.3, -0.25) is 9.59 Å². The average molecular weight is 685 g/mol. The number of aliphatic hydroxyl groups is 1. The van der Waals surface area contributed by atoms with Crippen molar-refractivity contribution in [2.75, 3.05) is 12.4 Å². The lowest BCUT2D eigenvalue weighted by Crippen LogP contribution is -2.48. The third-order valence-corrected chi connectivity index (χ3v) is 11.3. The Morgan fingerprint density at radius 3 is 2.55 bits per heavy atom. The molecule has 0 saturated heterocycles. The van der Waals surface area contributed by atoms with E-state index in [2.05, 4.69) is 26.8 Å². The first kappa shape index (κ1) is 33.5. The number of alkyl halides is 3. The van der Waals surface area contributed by atoms with Gasteiger partial charge in [0.1, 0.15) is 17.5 Å². The van der Waals surface area contributed by atoms with Crippen molar-refractivity contribution in [3.05, 3.63) is 64.6 Å². The van der Waals surface area contributed by atoms with Gasteiger partial charge in [-0.1, -0.05) is 29.6 Å². The predicted molar refractivity (Wildman–Crippen MR) is 171 cm³/mol. The fourth-order valence-corrected chi connectivity index (χ4v) is 8.91. The molecule has 8 atom stereocenters. The maximum absolute atomic E-state index is 14.1. The molecule has 9 nitrogen and oxygen atoms in total. The maximum Gasteiger partial charge on any atom is 0.419 e. The number of nitrogens with one attached hydrogen (secondary N) is 2. The number of hydrogen-bond donors (Lipinski definition) is 3. The van der Waals surface area contributed by atoms with E-state index in [1.54, 1.807) is 19.2 Å². The van der Waals surface area contributed by atoms with Gasteiger partial charge in [-0.05, 0) is 87.5 Å². The number of aliphatic hydroxyl groups excluding tert-OH is 1. The van der Waals surface area contributed by atoms with Crippen LogP contribution in [0.3, 0.4) is 0 Å². The first-order valence-electron chi connectivity index (χ1n) is 17.1. The number of nitrogens with zero attached hydrogens (tertiary/aromatic N) is 2. The smallest absolute Gasteiger partial charge is 0.419 e. The summed E-state index contributed by atoms with van der Waals surface area (Å²) in [6.45, 7) is 1.76. The average Bonchev–Trinajstić information content (AvgIpc) is 3.89. The Kier molecular flexibility index (Phi) is 8.91. The molecule has 13 heteroatoms. The zero-order valence-corrected chi connectivity index (χ0v) is 27.3. The lowest BCUT2D eigenvalue weighted by Gasteiger charge is -2.30. The molecular formula is C36H40F4N4O5. The van der Waals surface area contributed by atoms with Crippen molar-refractivity contribution in [3.8, 4) is 5.88 Å². The van der Waals surface area contributed by atoms with Gasteiger partial charge >= 0.3 is 6.18 Å². The van der Waals surface area contributed by atoms with Crippen molar-refractivity contribution in [3.63, 3.8) is 0 Å². The monoisotopic (exact) mass is 684 g/mol. The van der Waals surface area contributed by atoms with Gasteiger partial charge in [-0.15, -0.1) is 0 Å². The van der Waals surface area contributed by atoms with Crippen molar-refractivity contribution in [1.82, 2.24) is 10.3 Å². The van der Waals surface area contributed by atoms with Crippen LogP contribution in [0, 0.1) is 41.3 Å². The summed E-state index contributed by atoms with van der Waals surface area (Å²) in [5.41, 5.74) is 0.858. The second-order valence-electron chi connectivity index (χ2n) is 14.2. The number of carbonyl (C=O) groups is 2. The first-order valence-corrected chi connectivity index (χ1v) is 17.1. The number of pyridine rings is 1. The molecule has 2 aromatic rings. The Labute approximate surface area is 281 Å². The maximum atomic E-state index is 14.1. The van der Waals surface area contributed by atoms with Gasteiger partial charge in [0.05, 0.1) is 30.4 Å². The summed E-state index contributed by atoms with van der Waals surface area (Å²) in [6, 6.07) is 3.39. The molecule has 1 aromatic carbocycles. The second-order valence-corrected chi connectivity index (χ2v) is 14.2. The highest BCUT2D eigenvalue weighted by Crippen LogP contribution is 2.54. The molecule has 4 saturated carbocycles. The number of fused-ring (bicyclic) bond motifs is 3. The quantitative estimate of drug-likeness (QED) is 0.223. The Morgan fingerprint density at radius 2 is 1.84 bits per heavy atom. The minimum Gasteiger partial charge on any atom is -0.480 e. The number of benzene rings is 1. The Bertz CT molecular complexity index is 1690. The summed E-state index contributed by atoms with van der Waals surface area (Å²) in [6.07, 6.45) is 5.43. The molecule has 5 aliphatic rings. The minimum absolute atomic E-state index is 0.0584. The molecule has 1 aliphatic heterocycles. The van der Waals surface area contributed by atoms with Gasteiger partial charge in [0, 0.05) is 35.3 Å². The topological polar surface area (TPSA) is 122 Å². The highest BCUT2D eigenvalue weighted by Gasteiger charge is 2.55. The van der Waals surface area contributed by atoms with Crippen LogP contribution < -0.4 is 15.4 Å². The summed E-state index contributed by atoms with van der Waals surface area (Å²) in [5.74, 6) is -3.09. The van der Waals surface area contributed by atoms with E-state index >= 15 is 0 Å². The van der Waals surface area contributed by atoms with Gasteiger partial charge in [0.15, 0.2) is 0 Å². The minimum atomic E-state index is -4.93. The molecule has 0 radical (unpaired) electrons. The molecule has 2 bridgehead atoms. The molecule has 4 aliphatic carbocycles. The fourth-order valence-electron chi connectivity index (χ4n) is 8.91. The lowest BCUT2D eigenvalue weighted by atomic mass is 9.83. The van der Waals surface area contributed by atoms with Crippen LogP contribution in [-0.4, -0.2) is 53.0 Å². The molecule has 7 rings (SSSR count). The molecule has 2 heterocycles. The van der Waals surface area contributed by atoms with Crippen LogP contribution in [0.1, 0.15) is 79.8 Å². The number of amides is 2. The normalized spacial score (nSPS) is 30.6. The molecule has 49 heavy (non-hydrogen) atoms. The van der Waals surface area contributed by atoms with Crippen LogP contribution >= 0.6 is 0 Å². The van der Waals surface area contributed by atoms with E-state index in [-0.39, 0.29) is 46.9 Å². The van der Waals surface area contributed by atoms with E-state index < -0.39 is 47.4 Å². The summed E-state index contributed by atoms with van der Waals surface area (Å²) < 4.78 is 59.8. The molecule has 4 unspecified atom stereocenters. The molecule has 0 spiro atoms. The molecule has 1 aromatic heterocycles. The number of allylic oxidation sites excluding steroid dienone is 1. The van der Waals surface area contributed by atoms with Crippen LogP contribution in [0.15, 0.2) is 47.3 Å². The van der Waals surface area contributed by atoms with Crippen LogP contribution in [-0.2, 0) is 15.8 Å². The van der Waals surface area contributed by atoms with Gasteiger partial charge in [-0.25, -0.2) is 9.37 Å². The zero-order chi connectivity index (χ0) is 34.6. The summed E-state index contributed by atoms with van der Waals surface area (Å²) >= 11 is 0. The van der Waals surface area contributed by atoms with Crippen LogP contribution in [0.4, 0.5) is 23.2 Å². The number of carbonyl (C=O) groups excluding carboxylic acids is 2. The number of halogens is 4. The number of methoxy groups -OCH3 is 1. The van der Waals surface area contributed by atoms with E-state index in [1.165, 1.54) is 7.11 Å². The number of rotatable bonds is 8. The van der Waals surface area contributed by atoms with Crippen LogP contribution in [0.2, 0.25) is 0 Å². The van der Waals surface area contributed by atoms with Gasteiger partial charge in [0.2, 0.25) is 11.8 Å². The van der Waals surface area contributed by atoms with Crippen molar-refractivity contribution in [2.45, 2.75) is 82.7 Å². The van der Waals surface area contributed by atoms with Crippen molar-refractivity contribution < 1.29 is 41.8 Å². The van der Waals surface area contributed by atoms with E-state index in [4.69, 9.17) is 9.57 Å². The molecule has 2 amide bonds. The largest absolute Gasteiger partial charge is 0.480 e. The molecule has 4 fully saturated rings. The summed E-state index contributed by atoms with van der Waals surface area (Å²) in [4.78, 5) is 38.1. The third kappa shape index (κ3) is 6.30. The van der Waals surface area contributed by atoms with E-state index in [0.717, 1.165) is 43.7 Å². The predicted octanol–water partition coefficient (Wildman–Crippen LogP) is 6.27. The van der Waals surface area contributed by atoms with Crippen molar-refractivity contribution >= 4 is 23.2 Å². The van der Waals surface area contributed by atoms with Crippen LogP contribution in [0.25, 0.3) is 0 Å². The lowest BCUT2D eigenvalue weighted by molar-refractivity contribution is -0.140. The number of aromatic nitrogens is 1. The Balaban J connectivity index is 1.17. The summed E-state index contributed by atoms with van der Waals surface area (Å²) in [7, 11) is 1.41. The molecule has 262 valence electrons. The second kappa shape index (κ2) is 13.0. The van der Waals surface area contributed by atoms with Gasteiger partial charge < -0.3 is 25.3 Å². The molecule has 3 N–H and O–H groups in total. The van der Waals surface area contributed by atoms with Crippen LogP contribution in [0.5, 0.6) is 5.88 Å². The van der Waals surface area contributed by atoms with Gasteiger partial charge in [-0.2, -0.15) is 13.2 Å². The SMILES string of the molecule is COc1ncc(C2=NOC3CC(C(C)O)CC23)cc1C(=O)N[C@H]1[C@@H](C(=O)Nc2ccc(F)c(C(F)(F)F)c2)[C@H]2CC[C@@H]1/C2=C\C1CCCC1. The highest BCUT2D eigenvalue weighted by atomic mass is 19.4. The van der Waals surface area contributed by atoms with Gasteiger partial charge in [0.25, 0.3) is 5.91 Å². The number of hydrogen-bond acceptors (Lipinski definition) is 7. The Morgan fingerprint density at radius 1 is 1.08 bits per heavy atom. The number of ether oxygens (including phenoxy) is 1. The zero-order valence-electron chi connectivity index (χ0n) is 27.3. The Hall–Kier alpha value is -4.00. The number of oxime groups is 1. The van der Waals surface area contributed by atoms with E-state index in [9.17, 15) is 32.3 Å². The standard InChI is InChI=1S/C36H40F4N4O5/c1-17(45)19-12-25-29(14-19)49-44-31(25)20-13-26(35(48-2)41-16-20)33(46)43-32-23-9-8-22(24(23)11-18-5-3-4-6-18)30(32)34(47)42-21-7-10-28(37)27(15-21)36(38,39)40/h7,10-11,13,15-19,22-23,25,29-30,32,45H,3-6,8-9,12,14H2,1-2H3,(H,42,47)(H,43,46)/b24-11-/t17?,19?,22-,23+,25?,29?,30-,32+/m0/s1. The first-order chi connectivity index (χ1) is 23.4. The molecular weight excluding hydrogens is 644 g/mol. The van der Waals surface area contributed by atoms with E-state index in [1.807, 2.05) is 0 Å². The van der Waals surface area contributed by atoms with Crippen molar-refractivity contribution in [2.24, 2.45) is 40.7 Å². The fraction of sp³-hybridized carbons (Fsp3) is 0.556. The van der Waals surface area contributed by atoms with Crippen molar-refractivity contribution in [1.29, 1.82) is 0 Å².